The zero-order valence-corrected chi connectivity index (χ0v) is 37.1. The quantitative estimate of drug-likeness (QED) is 0.132. The number of nitrogens with zero attached hydrogens (tertiary/aromatic N) is 2. The van der Waals surface area contributed by atoms with E-state index in [1.165, 1.54) is 0 Å². The lowest BCUT2D eigenvalue weighted by Gasteiger charge is -2.25. The van der Waals surface area contributed by atoms with Crippen LogP contribution in [0.2, 0.25) is 0 Å². The van der Waals surface area contributed by atoms with Gasteiger partial charge in [-0.3, -0.25) is 57.6 Å². The Morgan fingerprint density at radius 2 is 0.896 bits per heavy atom. The number of rotatable bonds is 6. The number of carbonyl (C=O) groups is 11. The smallest absolute Gasteiger partial charge is 0.305 e. The van der Waals surface area contributed by atoms with Crippen molar-refractivity contribution in [3.05, 3.63) is 71.8 Å². The molecule has 0 saturated carbocycles. The summed E-state index contributed by atoms with van der Waals surface area (Å²) in [5.41, 5.74) is 1.47. The summed E-state index contributed by atoms with van der Waals surface area (Å²) in [6.45, 7) is -2.58. The first-order valence-electron chi connectivity index (χ1n) is 22.0. The Balaban J connectivity index is 1.67. The number of carboxylic acid groups (broad SMARTS) is 1. The number of aliphatic carboxylic acids is 1. The average Bonchev–Trinajstić information content (AvgIpc) is 3.28. The van der Waals surface area contributed by atoms with Gasteiger partial charge in [-0.25, -0.2) is 0 Å². The van der Waals surface area contributed by atoms with E-state index in [0.717, 1.165) is 16.0 Å². The van der Waals surface area contributed by atoms with Crippen LogP contribution >= 0.6 is 0 Å². The molecule has 2 unspecified atom stereocenters. The molecule has 2 aromatic rings. The molecule has 23 heteroatoms. The first-order chi connectivity index (χ1) is 32.1. The van der Waals surface area contributed by atoms with Crippen molar-refractivity contribution >= 4 is 65.0 Å². The molecule has 10 N–H and O–H groups in total. The third-order valence-electron chi connectivity index (χ3n) is 10.5. The number of carboxylic acids is 1. The first-order valence-corrected chi connectivity index (χ1v) is 22.0. The summed E-state index contributed by atoms with van der Waals surface area (Å²) >= 11 is 0. The lowest BCUT2D eigenvalue weighted by molar-refractivity contribution is -0.141. The lowest BCUT2D eigenvalue weighted by Crippen LogP contribution is -2.52. The molecule has 2 aromatic carbocycles. The minimum atomic E-state index is -1.54. The van der Waals surface area contributed by atoms with Crippen molar-refractivity contribution in [2.24, 2.45) is 0 Å². The Morgan fingerprint density at radius 1 is 0.478 bits per heavy atom. The molecule has 362 valence electrons. The highest BCUT2D eigenvalue weighted by Crippen LogP contribution is 2.07. The van der Waals surface area contributed by atoms with Crippen molar-refractivity contribution in [1.82, 2.24) is 57.7 Å². The van der Waals surface area contributed by atoms with Crippen molar-refractivity contribution < 1.29 is 57.8 Å². The van der Waals surface area contributed by atoms with Crippen molar-refractivity contribution in [3.8, 4) is 0 Å². The van der Waals surface area contributed by atoms with Gasteiger partial charge in [0.2, 0.25) is 59.1 Å². The predicted molar refractivity (Wildman–Crippen MR) is 238 cm³/mol. The van der Waals surface area contributed by atoms with E-state index in [9.17, 15) is 57.8 Å². The Hall–Kier alpha value is -7.43. The SMILES string of the molecule is O=C(O)C[C@@H]1NC(=O)CCN2CCNC(=O)C(Cc3ccccc3)NC(=O)CCNC(=O)CN(CC(=O)NCCC(=O)N[C@@H](Cc3ccccc3)C(=O)NCC2)C(=O)CNC(=O)CCNC1=O. The number of hydrogen-bond acceptors (Lipinski definition) is 12. The van der Waals surface area contributed by atoms with Crippen LogP contribution in [0.15, 0.2) is 60.7 Å². The van der Waals surface area contributed by atoms with Gasteiger partial charge in [-0.2, -0.15) is 0 Å². The summed E-state index contributed by atoms with van der Waals surface area (Å²) < 4.78 is 0. The molecule has 3 saturated heterocycles. The van der Waals surface area contributed by atoms with Gasteiger partial charge < -0.3 is 57.9 Å². The van der Waals surface area contributed by atoms with Gasteiger partial charge in [0.1, 0.15) is 31.2 Å². The highest BCUT2D eigenvalue weighted by atomic mass is 16.4. The number of amides is 10. The standard InChI is InChI=1S/C44H59N11O12/c56-34-11-17-47-44(67)33(25-41(63)64)53-37(59)14-20-54-21-18-48-42(65)31(23-29-7-3-1-4-8-29)51-35(57)12-15-45-38(60)27-55(40(62)26-50-34)28-39(61)46-16-13-36(58)52-32(43(66)49-19-22-54)24-30-9-5-2-6-10-30/h1-10,31-33H,11-28H2,(H,45,60)(H,46,61)(H,47,67)(H,48,65)(H,49,66)(H,50,56)(H,51,57)(H,52,58)(H,53,59)(H,63,64)/t31-,32?,33-/m0/s1. The molecule has 3 aliphatic heterocycles. The molecule has 3 aliphatic rings. The number of carbonyl (C=O) groups excluding carboxylic acids is 10. The zero-order valence-electron chi connectivity index (χ0n) is 37.1. The molecule has 10 amide bonds. The summed E-state index contributed by atoms with van der Waals surface area (Å²) in [4.78, 5) is 147. The van der Waals surface area contributed by atoms with Crippen LogP contribution in [0.5, 0.6) is 0 Å². The summed E-state index contributed by atoms with van der Waals surface area (Å²) in [7, 11) is 0. The Morgan fingerprint density at radius 3 is 1.39 bits per heavy atom. The van der Waals surface area contributed by atoms with Gasteiger partial charge in [-0.1, -0.05) is 60.7 Å². The fourth-order valence-corrected chi connectivity index (χ4v) is 6.94. The summed E-state index contributed by atoms with van der Waals surface area (Å²) in [6.07, 6.45) is -1.77. The van der Waals surface area contributed by atoms with Gasteiger partial charge in [-0.15, -0.1) is 0 Å². The van der Waals surface area contributed by atoms with E-state index >= 15 is 0 Å². The van der Waals surface area contributed by atoms with E-state index in [1.54, 1.807) is 65.6 Å². The third kappa shape index (κ3) is 20.1. The highest BCUT2D eigenvalue weighted by molar-refractivity contribution is 5.93. The molecule has 23 nitrogen and oxygen atoms in total. The van der Waals surface area contributed by atoms with Gasteiger partial charge in [0.15, 0.2) is 0 Å². The average molecular weight is 934 g/mol. The normalized spacial score (nSPS) is 22.8. The lowest BCUT2D eigenvalue weighted by atomic mass is 10.0. The first kappa shape index (κ1) is 52.2. The second kappa shape index (κ2) is 27.8. The molecule has 4 atom stereocenters. The van der Waals surface area contributed by atoms with Gasteiger partial charge >= 0.3 is 5.97 Å². The van der Waals surface area contributed by atoms with Crippen LogP contribution in [0.25, 0.3) is 0 Å². The van der Waals surface area contributed by atoms with Crippen LogP contribution in [0.3, 0.4) is 0 Å². The van der Waals surface area contributed by atoms with Gasteiger partial charge in [0.25, 0.3) is 0 Å². The molecule has 3 fully saturated rings. The number of fused-ring (bicyclic) bond motifs is 34. The van der Waals surface area contributed by atoms with Crippen molar-refractivity contribution in [2.45, 2.75) is 63.1 Å². The summed E-state index contributed by atoms with van der Waals surface area (Å²) in [6, 6.07) is 14.1. The molecule has 2 bridgehead atoms. The van der Waals surface area contributed by atoms with E-state index in [2.05, 4.69) is 47.9 Å². The molecule has 0 radical (unpaired) electrons. The van der Waals surface area contributed by atoms with Crippen LogP contribution in [0.1, 0.15) is 43.2 Å². The Kier molecular flexibility index (Phi) is 21.7. The van der Waals surface area contributed by atoms with Crippen LogP contribution < -0.4 is 47.9 Å². The molecule has 0 aromatic heterocycles. The number of hydrogen-bond donors (Lipinski definition) is 10. The second-order valence-corrected chi connectivity index (χ2v) is 15.8. The summed E-state index contributed by atoms with van der Waals surface area (Å²) in [5.74, 6) is -8.40. The van der Waals surface area contributed by atoms with Crippen LogP contribution in [-0.4, -0.2) is 170 Å². The largest absolute Gasteiger partial charge is 0.481 e. The van der Waals surface area contributed by atoms with E-state index in [4.69, 9.17) is 0 Å². The number of benzene rings is 2. The maximum Gasteiger partial charge on any atom is 0.305 e. The highest BCUT2D eigenvalue weighted by Gasteiger charge is 2.27. The summed E-state index contributed by atoms with van der Waals surface area (Å²) in [5, 5.41) is 32.7. The molecular formula is C44H59N11O12. The van der Waals surface area contributed by atoms with Gasteiger partial charge in [0.05, 0.1) is 13.0 Å². The monoisotopic (exact) mass is 933 g/mol. The van der Waals surface area contributed by atoms with Crippen molar-refractivity contribution in [1.29, 1.82) is 0 Å². The molecular weight excluding hydrogens is 875 g/mol. The van der Waals surface area contributed by atoms with Gasteiger partial charge in [0, 0.05) is 90.9 Å². The van der Waals surface area contributed by atoms with Gasteiger partial charge in [-0.05, 0) is 11.1 Å². The third-order valence-corrected chi connectivity index (χ3v) is 10.5. The molecule has 0 aliphatic carbocycles. The van der Waals surface area contributed by atoms with Crippen molar-refractivity contribution in [3.63, 3.8) is 0 Å². The van der Waals surface area contributed by atoms with Crippen molar-refractivity contribution in [2.75, 3.05) is 72.0 Å². The van der Waals surface area contributed by atoms with E-state index < -0.39 is 109 Å². The minimum Gasteiger partial charge on any atom is -0.481 e. The fraction of sp³-hybridized carbons (Fsp3) is 0.477. The second-order valence-electron chi connectivity index (χ2n) is 15.8. The maximum absolute atomic E-state index is 13.7. The molecule has 5 rings (SSSR count). The molecule has 67 heavy (non-hydrogen) atoms. The van der Waals surface area contributed by atoms with Crippen LogP contribution in [-0.2, 0) is 65.6 Å². The maximum atomic E-state index is 13.7. The Labute approximate surface area is 386 Å². The van der Waals surface area contributed by atoms with Crippen LogP contribution in [0.4, 0.5) is 0 Å². The van der Waals surface area contributed by atoms with E-state index in [0.29, 0.717) is 0 Å². The molecule has 3 heterocycles. The topological polar surface area (TPSA) is 323 Å². The van der Waals surface area contributed by atoms with Crippen LogP contribution in [0, 0.1) is 0 Å². The van der Waals surface area contributed by atoms with E-state index in [-0.39, 0.29) is 90.9 Å². The minimum absolute atomic E-state index is 0.00110. The predicted octanol–water partition coefficient (Wildman–Crippen LogP) is -4.18. The zero-order chi connectivity index (χ0) is 48.6. The fourth-order valence-electron chi connectivity index (χ4n) is 6.94. The number of nitrogens with one attached hydrogen (secondary N) is 9. The molecule has 0 spiro atoms. The van der Waals surface area contributed by atoms with E-state index in [1.807, 2.05) is 0 Å². The Bertz CT molecular complexity index is 1970.